The number of unbranched alkanes of at least 4 members (excludes halogenated alkanes) is 5. The van der Waals surface area contributed by atoms with Gasteiger partial charge in [0.2, 0.25) is 0 Å². The third kappa shape index (κ3) is 6.91. The van der Waals surface area contributed by atoms with Crippen molar-refractivity contribution in [2.45, 2.75) is 52.2 Å². The van der Waals surface area contributed by atoms with Crippen molar-refractivity contribution in [3.63, 3.8) is 0 Å². The number of hydrogen-bond acceptors (Lipinski definition) is 3. The Morgan fingerprint density at radius 2 is 2.00 bits per heavy atom. The van der Waals surface area contributed by atoms with Gasteiger partial charge >= 0.3 is 5.82 Å². The largest absolute Gasteiger partial charge is 1.00 e. The molecule has 0 aliphatic heterocycles. The second kappa shape index (κ2) is 11.7. The summed E-state index contributed by atoms with van der Waals surface area (Å²) in [5, 5.41) is 11.7. The van der Waals surface area contributed by atoms with Crippen molar-refractivity contribution in [2.24, 2.45) is 12.2 Å². The quantitative estimate of drug-likeness (QED) is 0.207. The van der Waals surface area contributed by atoms with Gasteiger partial charge in [-0.1, -0.05) is 44.2 Å². The van der Waals surface area contributed by atoms with E-state index in [1.807, 2.05) is 28.6 Å². The van der Waals surface area contributed by atoms with Crippen LogP contribution >= 0.6 is 0 Å². The first-order valence-electron chi connectivity index (χ1n) is 7.09. The molecule has 6 heteroatoms. The zero-order chi connectivity index (χ0) is 13.9. The summed E-state index contributed by atoms with van der Waals surface area (Å²) in [4.78, 5) is 0. The summed E-state index contributed by atoms with van der Waals surface area (Å²) in [6, 6.07) is 0. The average molecular weight is 304 g/mol. The van der Waals surface area contributed by atoms with Gasteiger partial charge in [0.1, 0.15) is 12.4 Å². The highest BCUT2D eigenvalue weighted by Gasteiger charge is 2.11. The van der Waals surface area contributed by atoms with Gasteiger partial charge in [-0.3, -0.25) is 0 Å². The van der Waals surface area contributed by atoms with Crippen LogP contribution in [0, 0.1) is 0 Å². The van der Waals surface area contributed by atoms with Crippen molar-refractivity contribution >= 4 is 6.21 Å². The standard InChI is InChI=1S/C14H25N3O2.ClH/c1-3-4-5-6-7-8-11-19-13-17-10-9-16(2)14(17)12-15-18;/h9-10,12H,3-8,11,13H2,1-2H3;1H. The Labute approximate surface area is 127 Å². The van der Waals surface area contributed by atoms with Crippen LogP contribution in [0.15, 0.2) is 17.5 Å². The molecule has 0 saturated heterocycles. The summed E-state index contributed by atoms with van der Waals surface area (Å²) >= 11 is 0. The van der Waals surface area contributed by atoms with Crippen molar-refractivity contribution < 1.29 is 26.9 Å². The van der Waals surface area contributed by atoms with Crippen LogP contribution in [0.4, 0.5) is 0 Å². The van der Waals surface area contributed by atoms with Crippen molar-refractivity contribution in [1.29, 1.82) is 0 Å². The lowest BCUT2D eigenvalue weighted by Gasteiger charge is -2.03. The molecule has 116 valence electrons. The molecule has 0 unspecified atom stereocenters. The van der Waals surface area contributed by atoms with E-state index in [4.69, 9.17) is 9.94 Å². The van der Waals surface area contributed by atoms with Gasteiger partial charge in [0, 0.05) is 0 Å². The summed E-state index contributed by atoms with van der Waals surface area (Å²) in [6.45, 7) is 3.51. The zero-order valence-corrected chi connectivity index (χ0v) is 13.2. The number of rotatable bonds is 10. The van der Waals surface area contributed by atoms with Crippen LogP contribution in [0.5, 0.6) is 0 Å². The third-order valence-corrected chi connectivity index (χ3v) is 3.17. The molecule has 0 aliphatic carbocycles. The number of hydrogen-bond donors (Lipinski definition) is 1. The molecule has 0 fully saturated rings. The number of imidazole rings is 1. The molecule has 1 aromatic rings. The number of nitrogens with zero attached hydrogens (tertiary/aromatic N) is 3. The molecule has 1 heterocycles. The van der Waals surface area contributed by atoms with Gasteiger partial charge in [0.05, 0.1) is 13.7 Å². The monoisotopic (exact) mass is 303 g/mol. The number of aromatic nitrogens is 2. The second-order valence-corrected chi connectivity index (χ2v) is 4.79. The van der Waals surface area contributed by atoms with E-state index in [2.05, 4.69) is 12.1 Å². The lowest BCUT2D eigenvalue weighted by Crippen LogP contribution is -3.00. The first kappa shape index (κ1) is 18.9. The highest BCUT2D eigenvalue weighted by Crippen LogP contribution is 2.05. The molecule has 0 radical (unpaired) electrons. The summed E-state index contributed by atoms with van der Waals surface area (Å²) in [7, 11) is 1.90. The van der Waals surface area contributed by atoms with E-state index in [0.717, 1.165) is 18.9 Å². The smallest absolute Gasteiger partial charge is 0.305 e. The minimum absolute atomic E-state index is 0. The maximum absolute atomic E-state index is 8.60. The number of ether oxygens (including phenoxy) is 1. The van der Waals surface area contributed by atoms with Gasteiger partial charge in [-0.05, 0) is 6.42 Å². The number of aryl methyl sites for hydroxylation is 1. The Hall–Kier alpha value is -1.07. The highest BCUT2D eigenvalue weighted by atomic mass is 35.5. The summed E-state index contributed by atoms with van der Waals surface area (Å²) in [5.74, 6) is 0.811. The molecule has 5 nitrogen and oxygen atoms in total. The summed E-state index contributed by atoms with van der Waals surface area (Å²) in [5.41, 5.74) is 0. The number of halogens is 1. The van der Waals surface area contributed by atoms with Gasteiger partial charge in [-0.15, -0.1) is 0 Å². The lowest BCUT2D eigenvalue weighted by molar-refractivity contribution is -0.672. The molecule has 0 atom stereocenters. The maximum atomic E-state index is 8.60. The van der Waals surface area contributed by atoms with E-state index < -0.39 is 0 Å². The van der Waals surface area contributed by atoms with Crippen molar-refractivity contribution in [2.75, 3.05) is 6.61 Å². The van der Waals surface area contributed by atoms with Crippen LogP contribution in [0.25, 0.3) is 0 Å². The predicted molar refractivity (Wildman–Crippen MR) is 74.3 cm³/mol. The van der Waals surface area contributed by atoms with Crippen LogP contribution in [-0.4, -0.2) is 22.6 Å². The Kier molecular flexibility index (Phi) is 11.1. The van der Waals surface area contributed by atoms with Crippen LogP contribution in [0.2, 0.25) is 0 Å². The van der Waals surface area contributed by atoms with E-state index in [-0.39, 0.29) is 12.4 Å². The Bertz CT molecular complexity index is 380. The highest BCUT2D eigenvalue weighted by molar-refractivity contribution is 5.72. The topological polar surface area (TPSA) is 50.6 Å². The maximum Gasteiger partial charge on any atom is 0.305 e. The minimum atomic E-state index is 0. The molecule has 1 rings (SSSR count). The minimum Gasteiger partial charge on any atom is -1.00 e. The fraction of sp³-hybridized carbons (Fsp3) is 0.714. The molecule has 1 N–H and O–H groups in total. The summed E-state index contributed by atoms with van der Waals surface area (Å²) in [6.07, 6.45) is 12.8. The fourth-order valence-corrected chi connectivity index (χ4v) is 2.01. The normalized spacial score (nSPS) is 10.9. The Morgan fingerprint density at radius 3 is 2.70 bits per heavy atom. The Morgan fingerprint density at radius 1 is 1.30 bits per heavy atom. The molecule has 0 spiro atoms. The average Bonchev–Trinajstić information content (AvgIpc) is 2.75. The zero-order valence-electron chi connectivity index (χ0n) is 12.5. The van der Waals surface area contributed by atoms with Crippen LogP contribution in [0.3, 0.4) is 0 Å². The van der Waals surface area contributed by atoms with E-state index in [1.165, 1.54) is 38.3 Å². The fourth-order valence-electron chi connectivity index (χ4n) is 2.01. The third-order valence-electron chi connectivity index (χ3n) is 3.17. The van der Waals surface area contributed by atoms with Gasteiger partial charge in [0.25, 0.3) is 0 Å². The molecule has 0 saturated carbocycles. The SMILES string of the molecule is CCCCCCCCOCn1cc[n+](C)c1/C=N/O.[Cl-]. The molecule has 20 heavy (non-hydrogen) atoms. The molecule has 0 amide bonds. The van der Waals surface area contributed by atoms with Crippen LogP contribution < -0.4 is 17.0 Å². The molecular formula is C14H26ClN3O2. The lowest BCUT2D eigenvalue weighted by atomic mass is 10.1. The molecule has 0 aliphatic rings. The van der Waals surface area contributed by atoms with Crippen molar-refractivity contribution in [1.82, 2.24) is 4.57 Å². The predicted octanol–water partition coefficient (Wildman–Crippen LogP) is -0.541. The van der Waals surface area contributed by atoms with E-state index in [0.29, 0.717) is 6.73 Å². The molecular weight excluding hydrogens is 278 g/mol. The van der Waals surface area contributed by atoms with Gasteiger partial charge in [0.15, 0.2) is 12.9 Å². The Balaban J connectivity index is 0.00000361. The van der Waals surface area contributed by atoms with Gasteiger partial charge in [-0.2, -0.15) is 0 Å². The van der Waals surface area contributed by atoms with Gasteiger partial charge < -0.3 is 22.4 Å². The van der Waals surface area contributed by atoms with E-state index >= 15 is 0 Å². The van der Waals surface area contributed by atoms with Crippen molar-refractivity contribution in [3.8, 4) is 0 Å². The van der Waals surface area contributed by atoms with Crippen molar-refractivity contribution in [3.05, 3.63) is 18.2 Å². The second-order valence-electron chi connectivity index (χ2n) is 4.79. The van der Waals surface area contributed by atoms with Gasteiger partial charge in [-0.25, -0.2) is 9.13 Å². The summed E-state index contributed by atoms with van der Waals surface area (Å²) < 4.78 is 9.43. The van der Waals surface area contributed by atoms with E-state index in [1.54, 1.807) is 0 Å². The number of oxime groups is 1. The molecule has 0 aromatic carbocycles. The van der Waals surface area contributed by atoms with Crippen LogP contribution in [-0.2, 0) is 18.5 Å². The first-order chi connectivity index (χ1) is 9.29. The molecule has 1 aromatic heterocycles. The van der Waals surface area contributed by atoms with Crippen LogP contribution in [0.1, 0.15) is 51.3 Å². The van der Waals surface area contributed by atoms with E-state index in [9.17, 15) is 0 Å². The molecule has 0 bridgehead atoms. The first-order valence-corrected chi connectivity index (χ1v) is 7.09.